The predicted molar refractivity (Wildman–Crippen MR) is 40.3 cm³/mol. The van der Waals surface area contributed by atoms with Gasteiger partial charge in [0, 0.05) is 21.1 Å². The molecular formula is C7H8N3W-. The number of benzene rings is 1. The Bertz CT molecular complexity index is 327. The van der Waals surface area contributed by atoms with E-state index >= 15 is 0 Å². The van der Waals surface area contributed by atoms with Crippen LogP contribution in [0.1, 0.15) is 0 Å². The number of H-pyrrole nitrogens is 1. The van der Waals surface area contributed by atoms with E-state index in [1.165, 1.54) is 0 Å². The van der Waals surface area contributed by atoms with Gasteiger partial charge in [-0.3, -0.25) is 0 Å². The zero-order valence-electron chi connectivity index (χ0n) is 7.06. The second-order valence-electron chi connectivity index (χ2n) is 1.78. The molecule has 3 nitrogen and oxygen atoms in total. The minimum absolute atomic E-state index is 0. The standard InChI is InChI=1S/C6H5N3.CH3.W/c1-2-4-6-5(3-1)7-9-8-6;;/h1-4H,(H,7,8,9);1H3;/q;-1;/i/hT. The summed E-state index contributed by atoms with van der Waals surface area (Å²) in [5.74, 6) is 0. The Balaban J connectivity index is 0.000000605. The molecule has 11 heavy (non-hydrogen) atoms. The molecule has 2 rings (SSSR count). The molecule has 0 saturated carbocycles. The summed E-state index contributed by atoms with van der Waals surface area (Å²) in [6.07, 6.45) is 0. The van der Waals surface area contributed by atoms with Crippen LogP contribution in [-0.4, -0.2) is 15.4 Å². The molecule has 0 radical (unpaired) electrons. The predicted octanol–water partition coefficient (Wildman–Crippen LogP) is 1.41. The van der Waals surface area contributed by atoms with Gasteiger partial charge in [0.25, 0.3) is 0 Å². The van der Waals surface area contributed by atoms with Crippen molar-refractivity contribution in [2.75, 3.05) is 0 Å². The van der Waals surface area contributed by atoms with Crippen molar-refractivity contribution in [2.24, 2.45) is 0 Å². The Kier molecular flexibility index (Phi) is 3.24. The number of aromatic amines is 1. The van der Waals surface area contributed by atoms with Crippen LogP contribution < -0.4 is 0 Å². The Labute approximate surface area is 80.9 Å². The van der Waals surface area contributed by atoms with Crippen molar-refractivity contribution >= 4 is 11.0 Å². The van der Waals surface area contributed by atoms with Crippen LogP contribution in [0, 0.1) is 7.43 Å². The van der Waals surface area contributed by atoms with E-state index in [9.17, 15) is 0 Å². The molecule has 0 aliphatic rings. The number of fused-ring (bicyclic) bond motifs is 1. The topological polar surface area (TPSA) is 41.6 Å². The SMILES string of the molecule is [3H]n1nc2ccccc2n1.[CH3-].[W]. The van der Waals surface area contributed by atoms with Gasteiger partial charge in [-0.25, -0.2) is 0 Å². The van der Waals surface area contributed by atoms with E-state index in [1.807, 2.05) is 24.3 Å². The van der Waals surface area contributed by atoms with Gasteiger partial charge in [-0.2, -0.15) is 15.4 Å². The zero-order valence-corrected chi connectivity index (χ0v) is 8.99. The molecule has 0 spiro atoms. The summed E-state index contributed by atoms with van der Waals surface area (Å²) in [6, 6.07) is 7.40. The van der Waals surface area contributed by atoms with E-state index < -0.39 is 0 Å². The van der Waals surface area contributed by atoms with Crippen molar-refractivity contribution in [3.05, 3.63) is 31.7 Å². The maximum Gasteiger partial charge on any atom is 0.214 e. The molecule has 1 heterocycles. The number of aromatic nitrogens is 3. The third-order valence-corrected chi connectivity index (χ3v) is 1.19. The molecule has 0 atom stereocenters. The fourth-order valence-electron chi connectivity index (χ4n) is 0.752. The third kappa shape index (κ3) is 1.87. The minimum Gasteiger partial charge on any atom is -0.358 e. The molecule has 0 aliphatic carbocycles. The van der Waals surface area contributed by atoms with Crippen LogP contribution in [0.3, 0.4) is 0 Å². The van der Waals surface area contributed by atoms with E-state index in [-0.39, 0.29) is 28.5 Å². The first-order valence-electron chi connectivity index (χ1n) is 3.12. The van der Waals surface area contributed by atoms with Gasteiger partial charge in [0.1, 0.15) is 11.0 Å². The fraction of sp³-hybridized carbons (Fsp3) is 0. The van der Waals surface area contributed by atoms with Crippen molar-refractivity contribution in [1.29, 1.82) is 0 Å². The maximum atomic E-state index is 7.02. The molecule has 0 aliphatic heterocycles. The molecular weight excluding hydrogens is 310 g/mol. The summed E-state index contributed by atoms with van der Waals surface area (Å²) >= 11 is 0. The number of hydrogen-bond donors (Lipinski definition) is 1. The van der Waals surface area contributed by atoms with Gasteiger partial charge >= 0.3 is 0 Å². The summed E-state index contributed by atoms with van der Waals surface area (Å²) in [6.45, 7) is 0. The molecule has 1 aromatic carbocycles. The number of para-hydroxylation sites is 2. The summed E-state index contributed by atoms with van der Waals surface area (Å²) in [4.78, 5) is 0. The first kappa shape index (κ1) is 8.41. The van der Waals surface area contributed by atoms with Crippen molar-refractivity contribution in [2.45, 2.75) is 0 Å². The van der Waals surface area contributed by atoms with Crippen molar-refractivity contribution in [3.63, 3.8) is 0 Å². The quantitative estimate of drug-likeness (QED) is 0.746. The molecule has 4 heteroatoms. The summed E-state index contributed by atoms with van der Waals surface area (Å²) in [5, 5.41) is 8.39. The van der Waals surface area contributed by atoms with Gasteiger partial charge in [0.2, 0.25) is 1.41 Å². The van der Waals surface area contributed by atoms with Crippen LogP contribution in [0.15, 0.2) is 24.3 Å². The number of nitrogens with one attached hydrogen (secondary N) is 1. The molecule has 58 valence electrons. The third-order valence-electron chi connectivity index (χ3n) is 1.19. The number of nitrogens with zero attached hydrogens (tertiary/aromatic N) is 2. The molecule has 2 aromatic rings. The van der Waals surface area contributed by atoms with Crippen LogP contribution in [0.2, 0.25) is 1.41 Å². The van der Waals surface area contributed by atoms with Crippen LogP contribution in [0.5, 0.6) is 0 Å². The van der Waals surface area contributed by atoms with Crippen LogP contribution >= 0.6 is 0 Å². The average Bonchev–Trinajstić information content (AvgIpc) is 2.27. The van der Waals surface area contributed by atoms with Gasteiger partial charge in [-0.05, 0) is 12.1 Å². The van der Waals surface area contributed by atoms with Gasteiger partial charge in [0.15, 0.2) is 0 Å². The molecule has 1 aromatic heterocycles. The van der Waals surface area contributed by atoms with Gasteiger partial charge in [-0.15, -0.1) is 0 Å². The Morgan fingerprint density at radius 2 is 1.64 bits per heavy atom. The van der Waals surface area contributed by atoms with E-state index in [0.717, 1.165) is 16.2 Å². The van der Waals surface area contributed by atoms with E-state index in [1.54, 1.807) is 0 Å². The molecule has 0 fully saturated rings. The van der Waals surface area contributed by atoms with Gasteiger partial charge in [0.05, 0.1) is 0 Å². The normalized spacial score (nSPS) is 9.64. The number of hydrogen-bond acceptors (Lipinski definition) is 2. The van der Waals surface area contributed by atoms with Crippen molar-refractivity contribution in [1.82, 2.24) is 15.4 Å². The van der Waals surface area contributed by atoms with E-state index in [2.05, 4.69) is 10.2 Å². The summed E-state index contributed by atoms with van der Waals surface area (Å²) < 4.78 is 7.02. The van der Waals surface area contributed by atoms with Crippen molar-refractivity contribution in [3.8, 4) is 0 Å². The van der Waals surface area contributed by atoms with Gasteiger partial charge < -0.3 is 7.43 Å². The minimum atomic E-state index is 0. The molecule has 0 bridgehead atoms. The molecule has 1 N–H and O–H groups in total. The molecule has 0 amide bonds. The Morgan fingerprint density at radius 3 is 2.09 bits per heavy atom. The van der Waals surface area contributed by atoms with Crippen LogP contribution in [0.25, 0.3) is 11.0 Å². The molecule has 0 unspecified atom stereocenters. The van der Waals surface area contributed by atoms with Gasteiger partial charge in [-0.1, -0.05) is 12.1 Å². The summed E-state index contributed by atoms with van der Waals surface area (Å²) in [7, 11) is 0. The Morgan fingerprint density at radius 1 is 1.18 bits per heavy atom. The van der Waals surface area contributed by atoms with Crippen LogP contribution in [0.4, 0.5) is 0 Å². The average molecular weight is 320 g/mol. The monoisotopic (exact) mass is 320 g/mol. The first-order valence-corrected chi connectivity index (χ1v) is 2.67. The zero-order chi connectivity index (χ0) is 6.97. The summed E-state index contributed by atoms with van der Waals surface area (Å²) in [5.41, 5.74) is 1.52. The maximum absolute atomic E-state index is 7.02. The van der Waals surface area contributed by atoms with Crippen molar-refractivity contribution < 1.29 is 22.5 Å². The smallest absolute Gasteiger partial charge is 0.214 e. The molecule has 0 saturated heterocycles. The van der Waals surface area contributed by atoms with E-state index in [4.69, 9.17) is 1.41 Å². The Hall–Kier alpha value is -0.692. The van der Waals surface area contributed by atoms with Crippen LogP contribution in [-0.2, 0) is 21.1 Å². The first-order chi connectivity index (χ1) is 4.86. The largest absolute Gasteiger partial charge is 0.358 e. The number of rotatable bonds is 0. The van der Waals surface area contributed by atoms with E-state index in [0.29, 0.717) is 0 Å². The second kappa shape index (κ2) is 4.24. The fourth-order valence-corrected chi connectivity index (χ4v) is 0.752. The second-order valence-corrected chi connectivity index (χ2v) is 1.78.